The first kappa shape index (κ1) is 21.3. The van der Waals surface area contributed by atoms with Crippen molar-refractivity contribution in [2.24, 2.45) is 0 Å². The molecule has 1 aliphatic rings. The topological polar surface area (TPSA) is 101 Å². The zero-order chi connectivity index (χ0) is 21.0. The summed E-state index contributed by atoms with van der Waals surface area (Å²) in [4.78, 5) is 25.7. The van der Waals surface area contributed by atoms with Crippen molar-refractivity contribution in [2.75, 3.05) is 31.9 Å². The van der Waals surface area contributed by atoms with Crippen LogP contribution in [0.3, 0.4) is 0 Å². The molecule has 0 unspecified atom stereocenters. The van der Waals surface area contributed by atoms with Crippen LogP contribution in [0, 0.1) is 10.1 Å². The number of hydrogen-bond donors (Lipinski definition) is 0. The van der Waals surface area contributed by atoms with Crippen molar-refractivity contribution >= 4 is 33.4 Å². The Hall–Kier alpha value is -2.43. The van der Waals surface area contributed by atoms with Gasteiger partial charge in [0.1, 0.15) is 0 Å². The summed E-state index contributed by atoms with van der Waals surface area (Å²) in [5.74, 6) is 0.750. The summed E-state index contributed by atoms with van der Waals surface area (Å²) in [5.41, 5.74) is 0.467. The van der Waals surface area contributed by atoms with Crippen LogP contribution in [-0.4, -0.2) is 60.4 Å². The van der Waals surface area contributed by atoms with E-state index < -0.39 is 14.9 Å². The predicted octanol–water partition coefficient (Wildman–Crippen LogP) is 2.85. The van der Waals surface area contributed by atoms with Crippen LogP contribution in [0.5, 0.6) is 0 Å². The standard InChI is InChI=1S/C19H21N3O5S2/c1-2-28-18-6-4-3-5-17(18)19(23)20-11-13-21(14-12-20)29(26,27)16-9-7-15(8-10-16)22(24)25/h3-10H,2,11-14H2,1H3. The Balaban J connectivity index is 1.70. The summed E-state index contributed by atoms with van der Waals surface area (Å²) in [6, 6.07) is 12.2. The minimum Gasteiger partial charge on any atom is -0.336 e. The van der Waals surface area contributed by atoms with E-state index in [-0.39, 0.29) is 42.7 Å². The summed E-state index contributed by atoms with van der Waals surface area (Å²) in [5, 5.41) is 10.8. The van der Waals surface area contributed by atoms with Gasteiger partial charge in [-0.25, -0.2) is 8.42 Å². The van der Waals surface area contributed by atoms with Gasteiger partial charge in [-0.3, -0.25) is 14.9 Å². The van der Waals surface area contributed by atoms with Crippen LogP contribution >= 0.6 is 11.8 Å². The smallest absolute Gasteiger partial charge is 0.269 e. The lowest BCUT2D eigenvalue weighted by Gasteiger charge is -2.34. The van der Waals surface area contributed by atoms with E-state index in [1.807, 2.05) is 25.1 Å². The van der Waals surface area contributed by atoms with Gasteiger partial charge in [0.2, 0.25) is 10.0 Å². The fourth-order valence-electron chi connectivity index (χ4n) is 3.12. The molecule has 1 heterocycles. The van der Waals surface area contributed by atoms with Crippen molar-refractivity contribution < 1.29 is 18.1 Å². The third-order valence-corrected chi connectivity index (χ3v) is 7.50. The molecule has 2 aromatic carbocycles. The number of nitro benzene ring substituents is 1. The van der Waals surface area contributed by atoms with E-state index in [4.69, 9.17) is 0 Å². The molecule has 2 aromatic rings. The molecule has 1 fully saturated rings. The Labute approximate surface area is 173 Å². The number of piperazine rings is 1. The van der Waals surface area contributed by atoms with Gasteiger partial charge in [0.05, 0.1) is 15.4 Å². The van der Waals surface area contributed by atoms with Gasteiger partial charge in [-0.15, -0.1) is 11.8 Å². The molecular formula is C19H21N3O5S2. The molecule has 8 nitrogen and oxygen atoms in total. The molecule has 1 saturated heterocycles. The number of amides is 1. The number of rotatable bonds is 6. The number of nitro groups is 1. The van der Waals surface area contributed by atoms with E-state index >= 15 is 0 Å². The molecule has 1 amide bonds. The Bertz CT molecular complexity index is 1000. The monoisotopic (exact) mass is 435 g/mol. The van der Waals surface area contributed by atoms with Gasteiger partial charge in [0, 0.05) is 43.2 Å². The second-order valence-electron chi connectivity index (χ2n) is 6.38. The molecule has 0 bridgehead atoms. The summed E-state index contributed by atoms with van der Waals surface area (Å²) in [6.45, 7) is 2.95. The molecular weight excluding hydrogens is 414 g/mol. The molecule has 0 radical (unpaired) electrons. The summed E-state index contributed by atoms with van der Waals surface area (Å²) >= 11 is 1.60. The van der Waals surface area contributed by atoms with E-state index in [0.717, 1.165) is 10.6 Å². The quantitative estimate of drug-likeness (QED) is 0.393. The molecule has 29 heavy (non-hydrogen) atoms. The summed E-state index contributed by atoms with van der Waals surface area (Å²) in [7, 11) is -3.77. The van der Waals surface area contributed by atoms with Crippen LogP contribution in [0.2, 0.25) is 0 Å². The van der Waals surface area contributed by atoms with Crippen molar-refractivity contribution in [1.29, 1.82) is 0 Å². The maximum Gasteiger partial charge on any atom is 0.269 e. The van der Waals surface area contributed by atoms with E-state index in [9.17, 15) is 23.3 Å². The molecule has 3 rings (SSSR count). The Morgan fingerprint density at radius 1 is 1.07 bits per heavy atom. The van der Waals surface area contributed by atoms with Crippen LogP contribution in [0.4, 0.5) is 5.69 Å². The predicted molar refractivity (Wildman–Crippen MR) is 111 cm³/mol. The number of hydrogen-bond acceptors (Lipinski definition) is 6. The van der Waals surface area contributed by atoms with Crippen molar-refractivity contribution in [3.63, 3.8) is 0 Å². The average molecular weight is 436 g/mol. The van der Waals surface area contributed by atoms with Gasteiger partial charge < -0.3 is 4.90 Å². The SMILES string of the molecule is CCSc1ccccc1C(=O)N1CCN(S(=O)(=O)c2ccc([N+](=O)[O-])cc2)CC1. The van der Waals surface area contributed by atoms with Crippen molar-refractivity contribution in [1.82, 2.24) is 9.21 Å². The minimum absolute atomic E-state index is 0.00701. The van der Waals surface area contributed by atoms with Crippen LogP contribution < -0.4 is 0 Å². The largest absolute Gasteiger partial charge is 0.336 e. The highest BCUT2D eigenvalue weighted by Gasteiger charge is 2.31. The van der Waals surface area contributed by atoms with Gasteiger partial charge in [0.15, 0.2) is 0 Å². The van der Waals surface area contributed by atoms with Gasteiger partial charge in [-0.05, 0) is 30.0 Å². The lowest BCUT2D eigenvalue weighted by atomic mass is 10.2. The lowest BCUT2D eigenvalue weighted by molar-refractivity contribution is -0.384. The lowest BCUT2D eigenvalue weighted by Crippen LogP contribution is -2.50. The molecule has 0 aliphatic carbocycles. The molecule has 1 aliphatic heterocycles. The number of sulfonamides is 1. The fourth-order valence-corrected chi connectivity index (χ4v) is 5.33. The molecule has 10 heteroatoms. The summed E-state index contributed by atoms with van der Waals surface area (Å²) in [6.07, 6.45) is 0. The van der Waals surface area contributed by atoms with Gasteiger partial charge >= 0.3 is 0 Å². The van der Waals surface area contributed by atoms with Crippen LogP contribution in [-0.2, 0) is 10.0 Å². The molecule has 0 saturated carbocycles. The number of thioether (sulfide) groups is 1. The van der Waals surface area contributed by atoms with Crippen LogP contribution in [0.1, 0.15) is 17.3 Å². The zero-order valence-electron chi connectivity index (χ0n) is 15.9. The Morgan fingerprint density at radius 2 is 1.69 bits per heavy atom. The van der Waals surface area contributed by atoms with E-state index in [1.165, 1.54) is 28.6 Å². The summed E-state index contributed by atoms with van der Waals surface area (Å²) < 4.78 is 26.9. The van der Waals surface area contributed by atoms with E-state index in [0.29, 0.717) is 5.56 Å². The molecule has 0 spiro atoms. The van der Waals surface area contributed by atoms with E-state index in [1.54, 1.807) is 22.7 Å². The number of non-ortho nitro benzene ring substituents is 1. The van der Waals surface area contributed by atoms with Crippen LogP contribution in [0.15, 0.2) is 58.3 Å². The minimum atomic E-state index is -3.77. The third-order valence-electron chi connectivity index (χ3n) is 4.63. The first-order valence-corrected chi connectivity index (χ1v) is 11.5. The number of carbonyl (C=O) groups is 1. The van der Waals surface area contributed by atoms with Crippen molar-refractivity contribution in [3.05, 3.63) is 64.2 Å². The molecule has 154 valence electrons. The fraction of sp³-hybridized carbons (Fsp3) is 0.316. The molecule has 0 atom stereocenters. The first-order chi connectivity index (χ1) is 13.8. The van der Waals surface area contributed by atoms with Gasteiger partial charge in [0.25, 0.3) is 11.6 Å². The number of carbonyl (C=O) groups excluding carboxylic acids is 1. The first-order valence-electron chi connectivity index (χ1n) is 9.10. The highest BCUT2D eigenvalue weighted by atomic mass is 32.2. The second-order valence-corrected chi connectivity index (χ2v) is 9.62. The highest BCUT2D eigenvalue weighted by molar-refractivity contribution is 7.99. The zero-order valence-corrected chi connectivity index (χ0v) is 17.5. The Kier molecular flexibility index (Phi) is 6.56. The second kappa shape index (κ2) is 8.93. The maximum atomic E-state index is 12.9. The highest BCUT2D eigenvalue weighted by Crippen LogP contribution is 2.25. The molecule has 0 aromatic heterocycles. The number of benzene rings is 2. The van der Waals surface area contributed by atoms with Crippen LogP contribution in [0.25, 0.3) is 0 Å². The maximum absolute atomic E-state index is 12.9. The normalized spacial score (nSPS) is 15.3. The van der Waals surface area contributed by atoms with Crippen molar-refractivity contribution in [2.45, 2.75) is 16.7 Å². The van der Waals surface area contributed by atoms with Crippen molar-refractivity contribution in [3.8, 4) is 0 Å². The third kappa shape index (κ3) is 4.60. The van der Waals surface area contributed by atoms with Gasteiger partial charge in [-0.2, -0.15) is 4.31 Å². The van der Waals surface area contributed by atoms with Gasteiger partial charge in [-0.1, -0.05) is 19.1 Å². The average Bonchev–Trinajstić information content (AvgIpc) is 2.74. The Morgan fingerprint density at radius 3 is 2.28 bits per heavy atom. The number of nitrogens with zero attached hydrogens (tertiary/aromatic N) is 3. The van der Waals surface area contributed by atoms with E-state index in [2.05, 4.69) is 0 Å². The molecule has 0 N–H and O–H groups in total.